The number of nitrogens with two attached hydrogens (primary N) is 1. The Morgan fingerprint density at radius 2 is 1.47 bits per heavy atom. The normalized spacial score (nSPS) is 20.1. The summed E-state index contributed by atoms with van der Waals surface area (Å²) in [5.41, 5.74) is 4.61. The van der Waals surface area contributed by atoms with E-state index < -0.39 is 49.8 Å². The lowest BCUT2D eigenvalue weighted by Gasteiger charge is -2.28. The van der Waals surface area contributed by atoms with Gasteiger partial charge in [-0.25, -0.2) is 4.79 Å². The Balaban J connectivity index is 4.27. The number of primary amides is 1. The van der Waals surface area contributed by atoms with Crippen molar-refractivity contribution in [1.29, 1.82) is 0 Å². The van der Waals surface area contributed by atoms with Crippen LogP contribution in [-0.4, -0.2) is 80.5 Å². The zero-order chi connectivity index (χ0) is 13.6. The molecule has 1 amide bonds. The lowest BCUT2D eigenvalue weighted by molar-refractivity contribution is -0.145. The molecule has 0 fully saturated rings. The first-order valence-corrected chi connectivity index (χ1v) is 4.74. The van der Waals surface area contributed by atoms with Crippen LogP contribution in [0.5, 0.6) is 0 Å². The fraction of sp³-hybridized carbons (Fsp3) is 0.875. The summed E-state index contributed by atoms with van der Waals surface area (Å²) < 4.78 is 4.17. The van der Waals surface area contributed by atoms with Gasteiger partial charge in [-0.15, -0.1) is 0 Å². The zero-order valence-corrected chi connectivity index (χ0v) is 8.88. The van der Waals surface area contributed by atoms with E-state index in [-0.39, 0.29) is 0 Å². The highest BCUT2D eigenvalue weighted by Gasteiger charge is 2.34. The number of hydrogen-bond donors (Lipinski definition) is 7. The van der Waals surface area contributed by atoms with Crippen LogP contribution in [0.15, 0.2) is 0 Å². The molecule has 102 valence electrons. The second kappa shape index (κ2) is 7.37. The molecule has 0 aliphatic heterocycles. The molecule has 5 atom stereocenters. The third-order valence-corrected chi connectivity index (χ3v) is 2.07. The van der Waals surface area contributed by atoms with E-state index in [1.54, 1.807) is 0 Å². The highest BCUT2D eigenvalue weighted by Crippen LogP contribution is 2.08. The Morgan fingerprint density at radius 3 is 1.88 bits per heavy atom. The molecule has 0 heterocycles. The molecule has 0 radical (unpaired) electrons. The average Bonchev–Trinajstić information content (AvgIpc) is 2.31. The lowest BCUT2D eigenvalue weighted by Crippen LogP contribution is -2.51. The van der Waals surface area contributed by atoms with Gasteiger partial charge in [0, 0.05) is 0 Å². The van der Waals surface area contributed by atoms with E-state index in [1.165, 1.54) is 0 Å². The molecule has 0 aliphatic rings. The summed E-state index contributed by atoms with van der Waals surface area (Å²) in [6.45, 7) is -1.52. The van der Waals surface area contributed by atoms with Gasteiger partial charge in [-0.3, -0.25) is 0 Å². The van der Waals surface area contributed by atoms with Crippen LogP contribution in [-0.2, 0) is 4.74 Å². The third kappa shape index (κ3) is 5.26. The molecule has 9 nitrogen and oxygen atoms in total. The van der Waals surface area contributed by atoms with Crippen molar-refractivity contribution < 1.29 is 40.2 Å². The number of aliphatic hydroxyl groups is 6. The fourth-order valence-corrected chi connectivity index (χ4v) is 1.03. The van der Waals surface area contributed by atoms with Crippen LogP contribution < -0.4 is 5.73 Å². The molecule has 0 saturated carbocycles. The number of amides is 1. The first-order valence-electron chi connectivity index (χ1n) is 4.74. The molecule has 0 spiro atoms. The van der Waals surface area contributed by atoms with Gasteiger partial charge < -0.3 is 41.1 Å². The van der Waals surface area contributed by atoms with Crippen molar-refractivity contribution >= 4 is 6.09 Å². The number of rotatable bonds is 7. The Hall–Kier alpha value is -0.970. The van der Waals surface area contributed by atoms with E-state index in [0.29, 0.717) is 0 Å². The van der Waals surface area contributed by atoms with Crippen LogP contribution in [0.4, 0.5) is 4.79 Å². The van der Waals surface area contributed by atoms with Gasteiger partial charge in [-0.2, -0.15) is 0 Å². The second-order valence-electron chi connectivity index (χ2n) is 3.42. The summed E-state index contributed by atoms with van der Waals surface area (Å²) in [5, 5.41) is 54.6. The minimum absolute atomic E-state index is 0.685. The number of carbonyl (C=O) groups is 1. The van der Waals surface area contributed by atoms with E-state index >= 15 is 0 Å². The number of hydrogen-bond acceptors (Lipinski definition) is 8. The molecule has 5 unspecified atom stereocenters. The Kier molecular flexibility index (Phi) is 6.95. The Labute approximate surface area is 96.7 Å². The maximum absolute atomic E-state index is 10.2. The van der Waals surface area contributed by atoms with Crippen LogP contribution in [0.1, 0.15) is 0 Å². The molecule has 17 heavy (non-hydrogen) atoms. The van der Waals surface area contributed by atoms with Crippen LogP contribution in [0, 0.1) is 0 Å². The second-order valence-corrected chi connectivity index (χ2v) is 3.42. The van der Waals surface area contributed by atoms with Crippen LogP contribution in [0.3, 0.4) is 0 Å². The first-order chi connectivity index (χ1) is 7.81. The maximum atomic E-state index is 10.2. The predicted molar refractivity (Wildman–Crippen MR) is 52.7 cm³/mol. The van der Waals surface area contributed by atoms with Gasteiger partial charge in [0.05, 0.1) is 6.61 Å². The molecule has 9 heteroatoms. The van der Waals surface area contributed by atoms with Gasteiger partial charge in [-0.1, -0.05) is 0 Å². The third-order valence-electron chi connectivity index (χ3n) is 2.07. The van der Waals surface area contributed by atoms with Crippen molar-refractivity contribution in [2.45, 2.75) is 30.5 Å². The van der Waals surface area contributed by atoms with Crippen molar-refractivity contribution in [1.82, 2.24) is 0 Å². The highest BCUT2D eigenvalue weighted by atomic mass is 16.6. The van der Waals surface area contributed by atoms with Crippen molar-refractivity contribution in [3.05, 3.63) is 0 Å². The molecular weight excluding hydrogens is 238 g/mol. The molecule has 0 aromatic heterocycles. The topological polar surface area (TPSA) is 174 Å². The summed E-state index contributed by atoms with van der Waals surface area (Å²) in [7, 11) is 0. The van der Waals surface area contributed by atoms with Gasteiger partial charge in [-0.05, 0) is 0 Å². The Bertz CT molecular complexity index is 238. The molecular formula is C8H17NO8. The molecule has 0 bridgehead atoms. The van der Waals surface area contributed by atoms with E-state index in [0.717, 1.165) is 0 Å². The van der Waals surface area contributed by atoms with Crippen LogP contribution in [0.2, 0.25) is 0 Å². The largest absolute Gasteiger partial charge is 0.447 e. The molecule has 0 aromatic rings. The minimum atomic E-state index is -1.93. The number of aliphatic hydroxyl groups excluding tert-OH is 6. The van der Waals surface area contributed by atoms with Gasteiger partial charge in [0.2, 0.25) is 0 Å². The van der Waals surface area contributed by atoms with Crippen molar-refractivity contribution in [2.75, 3.05) is 13.2 Å². The maximum Gasteiger partial charge on any atom is 0.404 e. The van der Waals surface area contributed by atoms with E-state index in [2.05, 4.69) is 10.5 Å². The standard InChI is InChI=1S/C8H17NO8/c9-8(16)17-2-4(12)6(14)7(15)5(13)3(11)1-10/h3-7,10-15H,1-2H2,(H2,9,16). The molecule has 0 rings (SSSR count). The first kappa shape index (κ1) is 16.0. The number of carbonyl (C=O) groups excluding carboxylic acids is 1. The fourth-order valence-electron chi connectivity index (χ4n) is 1.03. The van der Waals surface area contributed by atoms with Gasteiger partial charge in [0.25, 0.3) is 0 Å². The molecule has 0 aromatic carbocycles. The van der Waals surface area contributed by atoms with Crippen molar-refractivity contribution in [3.63, 3.8) is 0 Å². The van der Waals surface area contributed by atoms with Crippen molar-refractivity contribution in [3.8, 4) is 0 Å². The number of ether oxygens (including phenoxy) is 1. The lowest BCUT2D eigenvalue weighted by atomic mass is 10.00. The van der Waals surface area contributed by atoms with Crippen molar-refractivity contribution in [2.24, 2.45) is 5.73 Å². The predicted octanol–water partition coefficient (Wildman–Crippen LogP) is -4.12. The van der Waals surface area contributed by atoms with E-state index in [4.69, 9.17) is 10.2 Å². The summed E-state index contributed by atoms with van der Waals surface area (Å²) in [6.07, 6.45) is -10.2. The summed E-state index contributed by atoms with van der Waals surface area (Å²) in [5.74, 6) is 0. The zero-order valence-electron chi connectivity index (χ0n) is 8.88. The molecule has 0 aliphatic carbocycles. The Morgan fingerprint density at radius 1 is 1.00 bits per heavy atom. The molecule has 8 N–H and O–H groups in total. The summed E-state index contributed by atoms with van der Waals surface area (Å²) >= 11 is 0. The summed E-state index contributed by atoms with van der Waals surface area (Å²) in [6, 6.07) is 0. The van der Waals surface area contributed by atoms with Gasteiger partial charge in [0.1, 0.15) is 37.1 Å². The highest BCUT2D eigenvalue weighted by molar-refractivity contribution is 5.64. The average molecular weight is 255 g/mol. The van der Waals surface area contributed by atoms with Gasteiger partial charge in [0.15, 0.2) is 0 Å². The van der Waals surface area contributed by atoms with E-state index in [1.807, 2.05) is 0 Å². The summed E-state index contributed by atoms with van der Waals surface area (Å²) in [4.78, 5) is 10.2. The smallest absolute Gasteiger partial charge is 0.404 e. The SMILES string of the molecule is NC(=O)OCC(O)C(O)C(O)C(O)C(O)CO. The van der Waals surface area contributed by atoms with Crippen LogP contribution >= 0.6 is 0 Å². The van der Waals surface area contributed by atoms with E-state index in [9.17, 15) is 25.2 Å². The quantitative estimate of drug-likeness (QED) is 0.240. The minimum Gasteiger partial charge on any atom is -0.447 e. The monoisotopic (exact) mass is 255 g/mol. The molecule has 0 saturated heterocycles. The van der Waals surface area contributed by atoms with Crippen LogP contribution in [0.25, 0.3) is 0 Å². The van der Waals surface area contributed by atoms with Gasteiger partial charge >= 0.3 is 6.09 Å².